The molecule has 10 rings (SSSR count). The minimum absolute atomic E-state index is 0.0145. The summed E-state index contributed by atoms with van der Waals surface area (Å²) in [6.45, 7) is 13.3. The van der Waals surface area contributed by atoms with Crippen molar-refractivity contribution in [3.8, 4) is 0 Å². The Bertz CT molecular complexity index is 3740. The number of nitrogens with one attached hydrogen (secondary N) is 4. The Labute approximate surface area is 532 Å². The number of sulfone groups is 1. The standard InChI is InChI=1S/C64H73ClF3N9O10S3/c1-63(2)25-23-51(43-11-15-46(65)16-12-43)45(40-63)41-75-32-34-76(35-33-75)48-17-13-44(14-18-48)59(79)72-90(85,86)50-19-20-53(56(39-50)89(83,84)64(66,67)68)70-47(42-88-49-7-4-3-5-8-49)24-27-73-28-30-74(31-29-73)36-38-87-37-26-69-54-10-6-9-52-58(54)62(82)77(61(52)81)55-21-22-57(78)71-60(55)80/h3-20,39,47,55,69-70H,21-38,40-42H2,1-2H3,(H,72,79)(H,71,78,80)/t47-,55-/m1/s1. The molecule has 0 radical (unpaired) electrons. The number of sulfonamides is 1. The van der Waals surface area contributed by atoms with Crippen LogP contribution in [-0.2, 0) is 34.2 Å². The van der Waals surface area contributed by atoms with Crippen molar-refractivity contribution in [2.45, 2.75) is 84.7 Å². The van der Waals surface area contributed by atoms with E-state index in [1.165, 1.54) is 46.7 Å². The fourth-order valence-electron chi connectivity index (χ4n) is 12.1. The molecule has 4 aliphatic heterocycles. The number of hydrogen-bond acceptors (Lipinski definition) is 17. The van der Waals surface area contributed by atoms with Gasteiger partial charge in [0.05, 0.1) is 34.9 Å². The molecule has 0 spiro atoms. The summed E-state index contributed by atoms with van der Waals surface area (Å²) in [4.78, 5) is 73.1. The zero-order valence-corrected chi connectivity index (χ0v) is 53.2. The smallest absolute Gasteiger partial charge is 0.382 e. The molecule has 0 saturated carbocycles. The van der Waals surface area contributed by atoms with Crippen molar-refractivity contribution in [2.24, 2.45) is 5.41 Å². The number of anilines is 3. The van der Waals surface area contributed by atoms with Crippen LogP contribution in [0.15, 0.2) is 136 Å². The second-order valence-corrected chi connectivity index (χ2v) is 29.1. The topological polar surface area (TPSA) is 227 Å². The molecule has 0 bridgehead atoms. The monoisotopic (exact) mass is 1320 g/mol. The highest BCUT2D eigenvalue weighted by Crippen LogP contribution is 2.43. The third-order valence-electron chi connectivity index (χ3n) is 17.1. The van der Waals surface area contributed by atoms with Gasteiger partial charge >= 0.3 is 5.51 Å². The molecule has 3 fully saturated rings. The van der Waals surface area contributed by atoms with Gasteiger partial charge in [0, 0.05) is 124 Å². The normalized spacial score (nSPS) is 19.2. The maximum atomic E-state index is 14.5. The SMILES string of the molecule is CC1(C)CCC(c2ccc(Cl)cc2)=C(CN2CCN(c3ccc(C(=O)NS(=O)(=O)c4ccc(N[C@H](CCN5CCN(CCOCCNc6cccc7c6C(=O)N([C@@H]6CCC(=O)NC6=O)C7=O)CC5)CSc5ccccc5)c(S(=O)(=O)C(F)(F)F)c4)cc3)CC2)C1. The molecule has 5 amide bonds. The molecule has 19 nitrogen and oxygen atoms in total. The predicted octanol–water partition coefficient (Wildman–Crippen LogP) is 8.65. The number of alkyl halides is 3. The van der Waals surface area contributed by atoms with Gasteiger partial charge in [-0.2, -0.15) is 13.2 Å². The van der Waals surface area contributed by atoms with Crippen molar-refractivity contribution < 1.29 is 58.7 Å². The van der Waals surface area contributed by atoms with Gasteiger partial charge in [-0.1, -0.05) is 67.4 Å². The van der Waals surface area contributed by atoms with E-state index >= 15 is 0 Å². The molecule has 0 unspecified atom stereocenters. The van der Waals surface area contributed by atoms with Crippen LogP contribution in [-0.4, -0.2) is 181 Å². The van der Waals surface area contributed by atoms with Gasteiger partial charge in [0.25, 0.3) is 37.6 Å². The predicted molar refractivity (Wildman–Crippen MR) is 340 cm³/mol. The lowest BCUT2D eigenvalue weighted by Gasteiger charge is -2.39. The van der Waals surface area contributed by atoms with Crippen LogP contribution in [0.25, 0.3) is 5.57 Å². The van der Waals surface area contributed by atoms with Gasteiger partial charge in [-0.25, -0.2) is 21.6 Å². The first-order valence-electron chi connectivity index (χ1n) is 30.0. The lowest BCUT2D eigenvalue weighted by Crippen LogP contribution is -2.54. The van der Waals surface area contributed by atoms with Crippen LogP contribution in [0, 0.1) is 5.41 Å². The van der Waals surface area contributed by atoms with E-state index in [0.717, 1.165) is 66.5 Å². The van der Waals surface area contributed by atoms with Gasteiger partial charge in [-0.05, 0) is 128 Å². The Morgan fingerprint density at radius 2 is 1.47 bits per heavy atom. The first-order valence-corrected chi connectivity index (χ1v) is 34.4. The van der Waals surface area contributed by atoms with E-state index in [1.54, 1.807) is 24.3 Å². The summed E-state index contributed by atoms with van der Waals surface area (Å²) >= 11 is 7.63. The van der Waals surface area contributed by atoms with Crippen LogP contribution in [0.4, 0.5) is 30.2 Å². The van der Waals surface area contributed by atoms with Crippen LogP contribution < -0.4 is 25.6 Å². The first-order chi connectivity index (χ1) is 42.9. The highest BCUT2D eigenvalue weighted by atomic mass is 35.5. The highest BCUT2D eigenvalue weighted by Gasteiger charge is 2.49. The third kappa shape index (κ3) is 15.9. The molecule has 2 atom stereocenters. The molecule has 480 valence electrons. The summed E-state index contributed by atoms with van der Waals surface area (Å²) in [6, 6.07) is 29.2. The molecule has 90 heavy (non-hydrogen) atoms. The number of benzene rings is 5. The average molecular weight is 1320 g/mol. The number of nitrogens with zero attached hydrogens (tertiary/aromatic N) is 5. The molecule has 4 N–H and O–H groups in total. The number of amides is 5. The van der Waals surface area contributed by atoms with Gasteiger partial charge in [-0.15, -0.1) is 11.8 Å². The summed E-state index contributed by atoms with van der Waals surface area (Å²) in [7, 11) is -11.1. The Hall–Kier alpha value is -6.84. The Morgan fingerprint density at radius 3 is 2.16 bits per heavy atom. The molecular weight excluding hydrogens is 1240 g/mol. The van der Waals surface area contributed by atoms with Crippen molar-refractivity contribution in [3.63, 3.8) is 0 Å². The fraction of sp³-hybridized carbons (Fsp3) is 0.422. The number of piperazine rings is 2. The second-order valence-electron chi connectivity index (χ2n) is 23.9. The first kappa shape index (κ1) is 66.1. The number of thioether (sulfide) groups is 1. The average Bonchev–Trinajstić information content (AvgIpc) is 1.53. The summed E-state index contributed by atoms with van der Waals surface area (Å²) in [5.41, 5.74) is -0.502. The van der Waals surface area contributed by atoms with E-state index < -0.39 is 82.5 Å². The van der Waals surface area contributed by atoms with Crippen LogP contribution >= 0.6 is 23.4 Å². The summed E-state index contributed by atoms with van der Waals surface area (Å²) in [6.07, 6.45) is 3.53. The van der Waals surface area contributed by atoms with E-state index in [9.17, 15) is 54.0 Å². The number of allylic oxidation sites excluding steroid dienone is 1. The number of hydrogen-bond donors (Lipinski definition) is 4. The summed E-state index contributed by atoms with van der Waals surface area (Å²) < 4.78 is 106. The van der Waals surface area contributed by atoms with E-state index in [4.69, 9.17) is 16.3 Å². The molecule has 4 heterocycles. The van der Waals surface area contributed by atoms with Crippen molar-refractivity contribution in [1.82, 2.24) is 29.6 Å². The van der Waals surface area contributed by atoms with E-state index in [1.807, 2.05) is 47.2 Å². The van der Waals surface area contributed by atoms with Crippen molar-refractivity contribution >= 4 is 95.4 Å². The van der Waals surface area contributed by atoms with Gasteiger partial charge in [0.15, 0.2) is 0 Å². The van der Waals surface area contributed by atoms with E-state index in [-0.39, 0.29) is 41.6 Å². The highest BCUT2D eigenvalue weighted by molar-refractivity contribution is 7.99. The number of carbonyl (C=O) groups is 5. The number of fused-ring (bicyclic) bond motifs is 1. The zero-order chi connectivity index (χ0) is 64.0. The Kier molecular flexibility index (Phi) is 20.8. The zero-order valence-electron chi connectivity index (χ0n) is 50.0. The number of ether oxygens (including phenoxy) is 1. The molecule has 5 aliphatic rings. The number of imide groups is 2. The summed E-state index contributed by atoms with van der Waals surface area (Å²) in [5, 5.41) is 9.10. The quantitative estimate of drug-likeness (QED) is 0.0257. The van der Waals surface area contributed by atoms with E-state index in [0.29, 0.717) is 94.5 Å². The van der Waals surface area contributed by atoms with Gasteiger partial charge in [0.1, 0.15) is 10.9 Å². The molecule has 26 heteroatoms. The minimum Gasteiger partial charge on any atom is -0.382 e. The van der Waals surface area contributed by atoms with Gasteiger partial charge in [-0.3, -0.25) is 44.0 Å². The van der Waals surface area contributed by atoms with E-state index in [2.05, 4.69) is 61.5 Å². The van der Waals surface area contributed by atoms with Gasteiger partial charge in [0.2, 0.25) is 11.8 Å². The number of piperidine rings is 1. The van der Waals surface area contributed by atoms with Crippen molar-refractivity contribution in [3.05, 3.63) is 148 Å². The van der Waals surface area contributed by atoms with Crippen LogP contribution in [0.5, 0.6) is 0 Å². The largest absolute Gasteiger partial charge is 0.501 e. The fourth-order valence-corrected chi connectivity index (χ4v) is 15.3. The Balaban J connectivity index is 0.718. The number of rotatable bonds is 24. The molecule has 5 aromatic rings. The molecule has 3 saturated heterocycles. The Morgan fingerprint density at radius 1 is 0.778 bits per heavy atom. The van der Waals surface area contributed by atoms with Crippen LogP contribution in [0.2, 0.25) is 5.02 Å². The minimum atomic E-state index is -6.15. The lowest BCUT2D eigenvalue weighted by molar-refractivity contribution is -0.136. The molecule has 0 aromatic heterocycles. The van der Waals surface area contributed by atoms with Gasteiger partial charge < -0.3 is 25.2 Å². The van der Waals surface area contributed by atoms with Crippen LogP contribution in [0.1, 0.15) is 89.0 Å². The third-order valence-corrected chi connectivity index (χ3v) is 21.4. The molecule has 1 aliphatic carbocycles. The molecule has 5 aromatic carbocycles. The lowest BCUT2D eigenvalue weighted by atomic mass is 9.73. The second kappa shape index (κ2) is 28.4. The number of carbonyl (C=O) groups excluding carboxylic acids is 5. The van der Waals surface area contributed by atoms with Crippen molar-refractivity contribution in [2.75, 3.05) is 113 Å². The van der Waals surface area contributed by atoms with Crippen LogP contribution in [0.3, 0.4) is 0 Å². The molecular formula is C64H73ClF3N9O10S3. The van der Waals surface area contributed by atoms with Crippen molar-refractivity contribution in [1.29, 1.82) is 0 Å². The maximum absolute atomic E-state index is 14.5. The summed E-state index contributed by atoms with van der Waals surface area (Å²) in [5.74, 6) is -3.11. The maximum Gasteiger partial charge on any atom is 0.501 e. The number of halogens is 4.